The van der Waals surface area contributed by atoms with Crippen LogP contribution in [0.4, 0.5) is 0 Å². The maximum atomic E-state index is 8.22. The average molecular weight is 130 g/mol. The van der Waals surface area contributed by atoms with Crippen LogP contribution in [0.2, 0.25) is 0 Å². The molecule has 0 aliphatic heterocycles. The molecule has 0 amide bonds. The molecule has 0 aromatic carbocycles. The molecular formula is C4H10O4. The lowest BCUT2D eigenvalue weighted by Crippen LogP contribution is -2.28. The fraction of sp³-hybridized carbons (Fsp3) is 1.00. The summed E-state index contributed by atoms with van der Waals surface area (Å²) in [6.45, 7) is -1.85. The topological polar surface area (TPSA) is 58.9 Å². The molecule has 0 radical (unpaired) electrons. The summed E-state index contributed by atoms with van der Waals surface area (Å²) < 4.78 is 27.4. The first-order chi connectivity index (χ1) is 5.31. The summed E-state index contributed by atoms with van der Waals surface area (Å²) in [7, 11) is 0. The predicted molar refractivity (Wildman–Crippen MR) is 26.1 cm³/mol. The van der Waals surface area contributed by atoms with Crippen LogP contribution < -0.4 is 0 Å². The van der Waals surface area contributed by atoms with Gasteiger partial charge in [0.05, 0.1) is 0 Å². The first kappa shape index (κ1) is 3.12. The monoisotopic (exact) mass is 130 g/mol. The van der Waals surface area contributed by atoms with Gasteiger partial charge in [-0.2, -0.15) is 0 Å². The van der Waals surface area contributed by atoms with Crippen molar-refractivity contribution in [2.45, 2.75) is 26.0 Å². The Bertz CT molecular complexity index is 140. The molecule has 0 rings (SSSR count). The van der Waals surface area contributed by atoms with Gasteiger partial charge in [-0.25, -0.2) is 20.3 Å². The Balaban J connectivity index is 4.83. The molecule has 0 aliphatic carbocycles. The van der Waals surface area contributed by atoms with Crippen molar-refractivity contribution >= 4 is 0 Å². The Morgan fingerprint density at radius 2 is 2.25 bits per heavy atom. The van der Waals surface area contributed by atoms with Crippen LogP contribution in [0.5, 0.6) is 0 Å². The van der Waals surface area contributed by atoms with E-state index in [4.69, 9.17) is 16.0 Å². The molecule has 4 nitrogen and oxygen atoms in total. The SMILES string of the molecule is [3H]C(C)C(OO)(OO)C([3H])([3H])[3H]. The molecule has 0 aromatic heterocycles. The van der Waals surface area contributed by atoms with Crippen LogP contribution in [-0.2, 0) is 9.78 Å². The van der Waals surface area contributed by atoms with Gasteiger partial charge >= 0.3 is 0 Å². The molecule has 0 spiro atoms. The molecule has 0 saturated heterocycles. The quantitative estimate of drug-likeness (QED) is 0.341. The van der Waals surface area contributed by atoms with E-state index in [0.29, 0.717) is 0 Å². The van der Waals surface area contributed by atoms with Gasteiger partial charge in [0.2, 0.25) is 5.79 Å². The first-order valence-corrected chi connectivity index (χ1v) is 1.89. The van der Waals surface area contributed by atoms with Crippen LogP contribution in [0.15, 0.2) is 0 Å². The van der Waals surface area contributed by atoms with Crippen molar-refractivity contribution in [1.29, 1.82) is 0 Å². The smallest absolute Gasteiger partial charge is 0.230 e. The van der Waals surface area contributed by atoms with E-state index in [-0.39, 0.29) is 0 Å². The number of hydrogen-bond acceptors (Lipinski definition) is 4. The summed E-state index contributed by atoms with van der Waals surface area (Å²) in [5.41, 5.74) is 0. The summed E-state index contributed by atoms with van der Waals surface area (Å²) in [6, 6.07) is 0. The van der Waals surface area contributed by atoms with E-state index >= 15 is 0 Å². The van der Waals surface area contributed by atoms with Crippen LogP contribution in [-0.4, -0.2) is 16.3 Å². The summed E-state index contributed by atoms with van der Waals surface area (Å²) in [4.78, 5) is 6.98. The summed E-state index contributed by atoms with van der Waals surface area (Å²) >= 11 is 0. The second-order valence-electron chi connectivity index (χ2n) is 1.14. The van der Waals surface area contributed by atoms with Gasteiger partial charge in [0.1, 0.15) is 0 Å². The minimum Gasteiger partial charge on any atom is -0.249 e. The van der Waals surface area contributed by atoms with E-state index in [1.165, 1.54) is 0 Å². The van der Waals surface area contributed by atoms with Crippen LogP contribution in [0.25, 0.3) is 0 Å². The van der Waals surface area contributed by atoms with Crippen LogP contribution in [0.1, 0.15) is 25.7 Å². The molecule has 0 aromatic rings. The van der Waals surface area contributed by atoms with E-state index in [1.807, 2.05) is 0 Å². The van der Waals surface area contributed by atoms with Crippen molar-refractivity contribution in [3.05, 3.63) is 0 Å². The molecule has 0 aliphatic rings. The lowest BCUT2D eigenvalue weighted by Gasteiger charge is -2.18. The van der Waals surface area contributed by atoms with Crippen molar-refractivity contribution in [3.63, 3.8) is 0 Å². The fourth-order valence-corrected chi connectivity index (χ4v) is 0.122. The molecule has 4 heteroatoms. The lowest BCUT2D eigenvalue weighted by molar-refractivity contribution is -0.480. The van der Waals surface area contributed by atoms with Crippen molar-refractivity contribution in [3.8, 4) is 0 Å². The van der Waals surface area contributed by atoms with Gasteiger partial charge < -0.3 is 0 Å². The first-order valence-electron chi connectivity index (χ1n) is 3.97. The molecule has 50 valence electrons. The number of rotatable bonds is 3. The van der Waals surface area contributed by atoms with E-state index in [1.54, 1.807) is 0 Å². The molecule has 0 fully saturated rings. The van der Waals surface area contributed by atoms with E-state index in [2.05, 4.69) is 9.78 Å². The molecule has 2 N–H and O–H groups in total. The lowest BCUT2D eigenvalue weighted by atomic mass is 10.2. The Labute approximate surface area is 53.1 Å². The maximum Gasteiger partial charge on any atom is 0.230 e. The minimum absolute atomic E-state index is 1.10. The zero-order valence-corrected chi connectivity index (χ0v) is 4.29. The van der Waals surface area contributed by atoms with Gasteiger partial charge in [-0.15, -0.1) is 0 Å². The van der Waals surface area contributed by atoms with Gasteiger partial charge in [-0.1, -0.05) is 6.92 Å². The highest BCUT2D eigenvalue weighted by atomic mass is 17.2. The maximum absolute atomic E-state index is 8.22. The van der Waals surface area contributed by atoms with Crippen molar-refractivity contribution in [2.24, 2.45) is 0 Å². The minimum atomic E-state index is -2.95. The standard InChI is InChI=1S/C4H10O4/c1-3-4(2,7-5)8-6/h5-6H,3H2,1-2H3/i2T3,3T. The van der Waals surface area contributed by atoms with Gasteiger partial charge in [-0.05, 0) is 6.85 Å². The number of hydrogen-bond donors (Lipinski definition) is 2. The van der Waals surface area contributed by atoms with E-state index < -0.39 is 19.0 Å². The van der Waals surface area contributed by atoms with Gasteiger partial charge in [0, 0.05) is 11.9 Å². The highest BCUT2D eigenvalue weighted by Crippen LogP contribution is 2.12. The molecule has 0 saturated carbocycles. The molecule has 1 unspecified atom stereocenters. The second kappa shape index (κ2) is 2.99. The molecule has 1 atom stereocenters. The third-order valence-corrected chi connectivity index (χ3v) is 0.651. The van der Waals surface area contributed by atoms with Gasteiger partial charge in [-0.3, -0.25) is 0 Å². The van der Waals surface area contributed by atoms with Crippen LogP contribution >= 0.6 is 0 Å². The third-order valence-electron chi connectivity index (χ3n) is 0.651. The summed E-state index contributed by atoms with van der Waals surface area (Å²) in [6.07, 6.45) is -1.47. The average Bonchev–Trinajstić information content (AvgIpc) is 1.87. The molecule has 0 heterocycles. The Kier molecular flexibility index (Phi) is 1.16. The van der Waals surface area contributed by atoms with Crippen molar-refractivity contribution in [2.75, 3.05) is 0 Å². The van der Waals surface area contributed by atoms with E-state index in [9.17, 15) is 0 Å². The van der Waals surface area contributed by atoms with Crippen molar-refractivity contribution in [1.82, 2.24) is 0 Å². The molecular weight excluding hydrogens is 112 g/mol. The van der Waals surface area contributed by atoms with Gasteiger partial charge in [0.15, 0.2) is 0 Å². The van der Waals surface area contributed by atoms with Crippen LogP contribution in [0, 0.1) is 0 Å². The molecule has 8 heavy (non-hydrogen) atoms. The Morgan fingerprint density at radius 1 is 1.75 bits per heavy atom. The highest BCUT2D eigenvalue weighted by Gasteiger charge is 2.23. The predicted octanol–water partition coefficient (Wildman–Crippen LogP) is 1.09. The largest absolute Gasteiger partial charge is 0.249 e. The second-order valence-corrected chi connectivity index (χ2v) is 1.14. The Hall–Kier alpha value is -0.160. The normalized spacial score (nSPS) is 24.9. The Morgan fingerprint density at radius 3 is 2.25 bits per heavy atom. The fourth-order valence-electron chi connectivity index (χ4n) is 0.122. The van der Waals surface area contributed by atoms with E-state index in [0.717, 1.165) is 6.92 Å². The highest BCUT2D eigenvalue weighted by molar-refractivity contribution is 4.52. The third kappa shape index (κ3) is 1.75. The van der Waals surface area contributed by atoms with Gasteiger partial charge in [0.25, 0.3) is 0 Å². The molecule has 0 bridgehead atoms. The van der Waals surface area contributed by atoms with Crippen LogP contribution in [0.3, 0.4) is 0 Å². The summed E-state index contributed by atoms with van der Waals surface area (Å²) in [5, 5.41) is 16.4. The van der Waals surface area contributed by atoms with Crippen molar-refractivity contribution < 1.29 is 25.8 Å². The summed E-state index contributed by atoms with van der Waals surface area (Å²) in [5.74, 6) is -2.70. The zero-order chi connectivity index (χ0) is 9.99. The zero-order valence-electron chi connectivity index (χ0n) is 8.29.